The first-order valence-corrected chi connectivity index (χ1v) is 11.3. The van der Waals surface area contributed by atoms with Crippen LogP contribution >= 0.6 is 0 Å². The molecule has 5 rings (SSSR count). The van der Waals surface area contributed by atoms with E-state index >= 15 is 0 Å². The Bertz CT molecular complexity index is 1500. The molecule has 2 heterocycles. The van der Waals surface area contributed by atoms with Gasteiger partial charge in [0.25, 0.3) is 0 Å². The molecule has 0 spiro atoms. The lowest BCUT2D eigenvalue weighted by atomic mass is 10.2. The first-order valence-electron chi connectivity index (χ1n) is 9.79. The lowest BCUT2D eigenvalue weighted by Crippen LogP contribution is -2.11. The Morgan fingerprint density at radius 3 is 2.16 bits per heavy atom. The number of ether oxygens (including phenoxy) is 1. The standard InChI is InChI=1S/C24H18N4O3S/c25-32(29,30)21-14-8-17(9-15-21)24-27-23-22(7-4-16-26-23)28(24)18-10-12-20(13-11-18)31-19-5-2-1-3-6-19/h1-16H,(H2,25,29,30). The minimum Gasteiger partial charge on any atom is -0.457 e. The molecule has 7 nitrogen and oxygen atoms in total. The van der Waals surface area contributed by atoms with Crippen molar-refractivity contribution >= 4 is 21.2 Å². The van der Waals surface area contributed by atoms with Crippen molar-refractivity contribution in [3.05, 3.63) is 97.2 Å². The summed E-state index contributed by atoms with van der Waals surface area (Å²) in [5.41, 5.74) is 3.02. The van der Waals surface area contributed by atoms with Gasteiger partial charge in [-0.05, 0) is 72.8 Å². The zero-order chi connectivity index (χ0) is 22.1. The number of primary sulfonamides is 1. The van der Waals surface area contributed by atoms with Gasteiger partial charge in [-0.2, -0.15) is 0 Å². The molecular weight excluding hydrogens is 424 g/mol. The molecule has 0 saturated carbocycles. The molecule has 158 valence electrons. The van der Waals surface area contributed by atoms with Crippen LogP contribution in [0, 0.1) is 0 Å². The molecule has 32 heavy (non-hydrogen) atoms. The predicted molar refractivity (Wildman–Crippen MR) is 122 cm³/mol. The maximum atomic E-state index is 11.6. The normalized spacial score (nSPS) is 11.5. The number of para-hydroxylation sites is 1. The van der Waals surface area contributed by atoms with Gasteiger partial charge in [0, 0.05) is 17.4 Å². The van der Waals surface area contributed by atoms with Gasteiger partial charge < -0.3 is 4.74 Å². The predicted octanol–water partition coefficient (Wildman–Crippen LogP) is 4.53. The van der Waals surface area contributed by atoms with Crippen LogP contribution in [0.2, 0.25) is 0 Å². The van der Waals surface area contributed by atoms with Gasteiger partial charge in [0.05, 0.1) is 10.4 Å². The maximum Gasteiger partial charge on any atom is 0.238 e. The van der Waals surface area contributed by atoms with E-state index in [1.54, 1.807) is 18.3 Å². The number of fused-ring (bicyclic) bond motifs is 1. The van der Waals surface area contributed by atoms with Crippen LogP contribution < -0.4 is 9.88 Å². The van der Waals surface area contributed by atoms with Crippen LogP contribution in [0.25, 0.3) is 28.2 Å². The van der Waals surface area contributed by atoms with E-state index in [2.05, 4.69) is 9.97 Å². The van der Waals surface area contributed by atoms with E-state index in [0.29, 0.717) is 17.2 Å². The number of imidazole rings is 1. The number of aromatic nitrogens is 3. The Balaban J connectivity index is 1.58. The summed E-state index contributed by atoms with van der Waals surface area (Å²) in [6.45, 7) is 0. The number of nitrogens with zero attached hydrogens (tertiary/aromatic N) is 3. The molecule has 2 N–H and O–H groups in total. The molecule has 0 atom stereocenters. The van der Waals surface area contributed by atoms with E-state index in [1.807, 2.05) is 71.3 Å². The lowest BCUT2D eigenvalue weighted by Gasteiger charge is -2.11. The van der Waals surface area contributed by atoms with E-state index in [1.165, 1.54) is 12.1 Å². The Morgan fingerprint density at radius 2 is 1.47 bits per heavy atom. The highest BCUT2D eigenvalue weighted by molar-refractivity contribution is 7.89. The highest BCUT2D eigenvalue weighted by atomic mass is 32.2. The molecule has 5 aromatic rings. The van der Waals surface area contributed by atoms with Crippen molar-refractivity contribution in [1.82, 2.24) is 14.5 Å². The average Bonchev–Trinajstić information content (AvgIpc) is 3.19. The van der Waals surface area contributed by atoms with Crippen LogP contribution in [-0.2, 0) is 10.0 Å². The SMILES string of the molecule is NS(=O)(=O)c1ccc(-c2nc3ncccc3n2-c2ccc(Oc3ccccc3)cc2)cc1. The van der Waals surface area contributed by atoms with Crippen molar-refractivity contribution in [3.8, 4) is 28.6 Å². The molecule has 8 heteroatoms. The van der Waals surface area contributed by atoms with Gasteiger partial charge in [0.2, 0.25) is 10.0 Å². The summed E-state index contributed by atoms with van der Waals surface area (Å²) in [4.78, 5) is 9.10. The summed E-state index contributed by atoms with van der Waals surface area (Å²) in [6, 6.07) is 27.3. The summed E-state index contributed by atoms with van der Waals surface area (Å²) in [5, 5.41) is 5.23. The molecule has 0 bridgehead atoms. The van der Waals surface area contributed by atoms with Crippen LogP contribution in [0.3, 0.4) is 0 Å². The smallest absolute Gasteiger partial charge is 0.238 e. The van der Waals surface area contributed by atoms with Gasteiger partial charge in [-0.1, -0.05) is 18.2 Å². The maximum absolute atomic E-state index is 11.6. The summed E-state index contributed by atoms with van der Waals surface area (Å²) < 4.78 is 31.1. The number of pyridine rings is 1. The van der Waals surface area contributed by atoms with E-state index in [9.17, 15) is 8.42 Å². The molecule has 0 fully saturated rings. The molecule has 0 aliphatic heterocycles. The molecule has 0 amide bonds. The van der Waals surface area contributed by atoms with Gasteiger partial charge in [-0.25, -0.2) is 23.5 Å². The molecule has 0 saturated heterocycles. The molecule has 0 unspecified atom stereocenters. The van der Waals surface area contributed by atoms with Crippen LogP contribution in [0.4, 0.5) is 0 Å². The fourth-order valence-corrected chi connectivity index (χ4v) is 3.97. The van der Waals surface area contributed by atoms with Gasteiger partial charge in [-0.15, -0.1) is 0 Å². The van der Waals surface area contributed by atoms with Crippen LogP contribution in [0.15, 0.2) is 102 Å². The summed E-state index contributed by atoms with van der Waals surface area (Å²) >= 11 is 0. The first-order chi connectivity index (χ1) is 15.5. The number of benzene rings is 3. The minimum absolute atomic E-state index is 0.0458. The van der Waals surface area contributed by atoms with Gasteiger partial charge in [0.1, 0.15) is 17.3 Å². The van der Waals surface area contributed by atoms with Gasteiger partial charge in [-0.3, -0.25) is 4.57 Å². The fourth-order valence-electron chi connectivity index (χ4n) is 3.45. The van der Waals surface area contributed by atoms with Crippen LogP contribution in [0.1, 0.15) is 0 Å². The van der Waals surface area contributed by atoms with Gasteiger partial charge >= 0.3 is 0 Å². The minimum atomic E-state index is -3.77. The third-order valence-corrected chi connectivity index (χ3v) is 5.87. The Kier molecular flexibility index (Phi) is 4.93. The topological polar surface area (TPSA) is 100 Å². The quantitative estimate of drug-likeness (QED) is 0.431. The Labute approximate surface area is 184 Å². The molecule has 2 aromatic heterocycles. The third kappa shape index (κ3) is 3.84. The first kappa shape index (κ1) is 19.9. The van der Waals surface area contributed by atoms with E-state index < -0.39 is 10.0 Å². The van der Waals surface area contributed by atoms with Crippen molar-refractivity contribution in [3.63, 3.8) is 0 Å². The molecule has 0 aliphatic rings. The number of hydrogen-bond donors (Lipinski definition) is 1. The number of hydrogen-bond acceptors (Lipinski definition) is 5. The highest BCUT2D eigenvalue weighted by Crippen LogP contribution is 2.30. The van der Waals surface area contributed by atoms with Gasteiger partial charge in [0.15, 0.2) is 5.65 Å². The number of sulfonamides is 1. The highest BCUT2D eigenvalue weighted by Gasteiger charge is 2.16. The van der Waals surface area contributed by atoms with Crippen molar-refractivity contribution in [2.45, 2.75) is 4.90 Å². The van der Waals surface area contributed by atoms with E-state index in [0.717, 1.165) is 22.5 Å². The average molecular weight is 443 g/mol. The third-order valence-electron chi connectivity index (χ3n) is 4.95. The van der Waals surface area contributed by atoms with Crippen LogP contribution in [-0.4, -0.2) is 23.0 Å². The second-order valence-corrected chi connectivity index (χ2v) is 8.66. The van der Waals surface area contributed by atoms with Crippen molar-refractivity contribution in [1.29, 1.82) is 0 Å². The van der Waals surface area contributed by atoms with Crippen molar-refractivity contribution < 1.29 is 13.2 Å². The summed E-state index contributed by atoms with van der Waals surface area (Å²) in [6.07, 6.45) is 1.68. The molecular formula is C24H18N4O3S. The van der Waals surface area contributed by atoms with Crippen molar-refractivity contribution in [2.75, 3.05) is 0 Å². The van der Waals surface area contributed by atoms with Crippen molar-refractivity contribution in [2.24, 2.45) is 5.14 Å². The second kappa shape index (κ2) is 7.92. The van der Waals surface area contributed by atoms with Crippen LogP contribution in [0.5, 0.6) is 11.5 Å². The summed E-state index contributed by atoms with van der Waals surface area (Å²) in [7, 11) is -3.77. The molecule has 0 aliphatic carbocycles. The molecule has 0 radical (unpaired) electrons. The summed E-state index contributed by atoms with van der Waals surface area (Å²) in [5.74, 6) is 2.10. The van der Waals surface area contributed by atoms with E-state index in [4.69, 9.17) is 9.88 Å². The zero-order valence-corrected chi connectivity index (χ0v) is 17.6. The lowest BCUT2D eigenvalue weighted by molar-refractivity contribution is 0.482. The second-order valence-electron chi connectivity index (χ2n) is 7.10. The van der Waals surface area contributed by atoms with E-state index in [-0.39, 0.29) is 4.90 Å². The Hall–Kier alpha value is -4.01. The molecule has 3 aromatic carbocycles. The monoisotopic (exact) mass is 442 g/mol. The largest absolute Gasteiger partial charge is 0.457 e. The zero-order valence-electron chi connectivity index (χ0n) is 16.8. The number of rotatable bonds is 5. The Morgan fingerprint density at radius 1 is 0.781 bits per heavy atom. The fraction of sp³-hybridized carbons (Fsp3) is 0. The number of nitrogens with two attached hydrogens (primary N) is 1.